The molecule has 0 aliphatic carbocycles. The van der Waals surface area contributed by atoms with Gasteiger partial charge in [0, 0.05) is 26.2 Å². The van der Waals surface area contributed by atoms with Crippen molar-refractivity contribution in [1.29, 1.82) is 0 Å². The minimum absolute atomic E-state index is 0.282. The Balaban J connectivity index is 3.47. The van der Waals surface area contributed by atoms with E-state index in [1.807, 2.05) is 41.5 Å². The summed E-state index contributed by atoms with van der Waals surface area (Å²) in [7, 11) is 0. The van der Waals surface area contributed by atoms with Gasteiger partial charge in [0.2, 0.25) is 0 Å². The zero-order chi connectivity index (χ0) is 20.8. The Bertz CT molecular complexity index is 409. The predicted molar refractivity (Wildman–Crippen MR) is 114 cm³/mol. The molecule has 0 aromatic carbocycles. The van der Waals surface area contributed by atoms with Gasteiger partial charge in [0.15, 0.2) is 0 Å². The van der Waals surface area contributed by atoms with Crippen LogP contribution in [0.15, 0.2) is 10.3 Å². The van der Waals surface area contributed by atoms with Gasteiger partial charge < -0.3 is 31.7 Å². The van der Waals surface area contributed by atoms with Crippen molar-refractivity contribution >= 4 is 11.4 Å². The van der Waals surface area contributed by atoms with E-state index in [2.05, 4.69) is 31.6 Å². The quantitative estimate of drug-likeness (QED) is 0.104. The van der Waals surface area contributed by atoms with Crippen molar-refractivity contribution in [2.24, 2.45) is 10.3 Å². The monoisotopic (exact) mass is 386 g/mol. The molecule has 0 aromatic heterocycles. The first kappa shape index (κ1) is 25.8. The normalized spacial score (nSPS) is 14.0. The maximum absolute atomic E-state index is 8.84. The van der Waals surface area contributed by atoms with Crippen molar-refractivity contribution in [2.75, 3.05) is 39.3 Å². The number of nitrogens with one attached hydrogen (secondary N) is 4. The fraction of sp³-hybridized carbons (Fsp3) is 0.895. The second kappa shape index (κ2) is 13.9. The van der Waals surface area contributed by atoms with Gasteiger partial charge in [-0.15, -0.1) is 0 Å². The molecule has 0 saturated carbocycles. The van der Waals surface area contributed by atoms with Crippen LogP contribution >= 0.6 is 0 Å². The molecule has 0 saturated heterocycles. The van der Waals surface area contributed by atoms with Gasteiger partial charge in [0.05, 0.1) is 22.5 Å². The molecule has 27 heavy (non-hydrogen) atoms. The zero-order valence-corrected chi connectivity index (χ0v) is 18.2. The standard InChI is InChI=1S/C19H42N6O2/c1-16(24-26)18(3,4)22-14-12-20-10-8-7-9-11-21-13-15-23-19(5,6)17(2)25-27/h20-23,26-27H,7-15H2,1-6H3. The van der Waals surface area contributed by atoms with Crippen LogP contribution in [-0.2, 0) is 0 Å². The van der Waals surface area contributed by atoms with Crippen LogP contribution in [0.3, 0.4) is 0 Å². The first-order valence-corrected chi connectivity index (χ1v) is 9.97. The third-order valence-corrected chi connectivity index (χ3v) is 5.05. The Morgan fingerprint density at radius 2 is 1.00 bits per heavy atom. The molecule has 0 bridgehead atoms. The lowest BCUT2D eigenvalue weighted by Gasteiger charge is -2.25. The molecule has 0 fully saturated rings. The van der Waals surface area contributed by atoms with Gasteiger partial charge in [-0.1, -0.05) is 16.7 Å². The van der Waals surface area contributed by atoms with Crippen LogP contribution < -0.4 is 21.3 Å². The lowest BCUT2D eigenvalue weighted by atomic mass is 10.00. The summed E-state index contributed by atoms with van der Waals surface area (Å²) in [6, 6.07) is 0. The Morgan fingerprint density at radius 1 is 0.630 bits per heavy atom. The average molecular weight is 387 g/mol. The van der Waals surface area contributed by atoms with Crippen molar-refractivity contribution in [2.45, 2.75) is 71.9 Å². The predicted octanol–water partition coefficient (Wildman–Crippen LogP) is 1.77. The number of hydrogen-bond donors (Lipinski definition) is 6. The third-order valence-electron chi connectivity index (χ3n) is 5.05. The fourth-order valence-electron chi connectivity index (χ4n) is 2.36. The highest BCUT2D eigenvalue weighted by Gasteiger charge is 2.21. The number of rotatable bonds is 16. The minimum atomic E-state index is -0.282. The molecule has 0 spiro atoms. The highest BCUT2D eigenvalue weighted by atomic mass is 16.4. The summed E-state index contributed by atoms with van der Waals surface area (Å²) in [6.07, 6.45) is 3.53. The molecule has 0 heterocycles. The van der Waals surface area contributed by atoms with E-state index >= 15 is 0 Å². The van der Waals surface area contributed by atoms with Crippen LogP contribution in [-0.4, -0.2) is 72.2 Å². The number of nitrogens with zero attached hydrogens (tertiary/aromatic N) is 2. The molecule has 0 radical (unpaired) electrons. The summed E-state index contributed by atoms with van der Waals surface area (Å²) in [5.41, 5.74) is 0.807. The lowest BCUT2D eigenvalue weighted by molar-refractivity contribution is 0.310. The minimum Gasteiger partial charge on any atom is -0.411 e. The van der Waals surface area contributed by atoms with E-state index in [1.54, 1.807) is 0 Å². The van der Waals surface area contributed by atoms with Gasteiger partial charge in [-0.25, -0.2) is 0 Å². The topological polar surface area (TPSA) is 113 Å². The summed E-state index contributed by atoms with van der Waals surface area (Å²) in [4.78, 5) is 0. The van der Waals surface area contributed by atoms with Crippen LogP contribution in [0.5, 0.6) is 0 Å². The third kappa shape index (κ3) is 12.0. The van der Waals surface area contributed by atoms with Crippen molar-refractivity contribution in [3.63, 3.8) is 0 Å². The summed E-state index contributed by atoms with van der Waals surface area (Å²) in [5.74, 6) is 0. The Labute approximate surface area is 165 Å². The first-order chi connectivity index (χ1) is 12.7. The largest absolute Gasteiger partial charge is 0.411 e. The molecular formula is C19H42N6O2. The van der Waals surface area contributed by atoms with Gasteiger partial charge in [-0.2, -0.15) is 0 Å². The van der Waals surface area contributed by atoms with Gasteiger partial charge in [-0.05, 0) is 67.5 Å². The molecule has 0 atom stereocenters. The highest BCUT2D eigenvalue weighted by Crippen LogP contribution is 2.04. The van der Waals surface area contributed by atoms with Gasteiger partial charge in [0.25, 0.3) is 0 Å². The van der Waals surface area contributed by atoms with Crippen molar-refractivity contribution in [3.8, 4) is 0 Å². The molecule has 0 aliphatic heterocycles. The van der Waals surface area contributed by atoms with Crippen molar-refractivity contribution < 1.29 is 10.4 Å². The SMILES string of the molecule is CC(=NO)C(C)(C)NCCNCCCCCNCCNC(C)(C)C(C)=NO. The van der Waals surface area contributed by atoms with Crippen LogP contribution in [0.2, 0.25) is 0 Å². The van der Waals surface area contributed by atoms with Crippen LogP contribution in [0.25, 0.3) is 0 Å². The van der Waals surface area contributed by atoms with E-state index in [9.17, 15) is 0 Å². The summed E-state index contributed by atoms with van der Waals surface area (Å²) in [5, 5.41) is 37.8. The van der Waals surface area contributed by atoms with E-state index in [0.717, 1.165) is 39.3 Å². The van der Waals surface area contributed by atoms with Crippen LogP contribution in [0, 0.1) is 0 Å². The van der Waals surface area contributed by atoms with Crippen molar-refractivity contribution in [1.82, 2.24) is 21.3 Å². The molecule has 160 valence electrons. The molecule has 8 heteroatoms. The van der Waals surface area contributed by atoms with Crippen LogP contribution in [0.1, 0.15) is 60.8 Å². The van der Waals surface area contributed by atoms with E-state index in [1.165, 1.54) is 19.3 Å². The first-order valence-electron chi connectivity index (χ1n) is 9.97. The molecule has 0 aliphatic rings. The molecule has 6 N–H and O–H groups in total. The average Bonchev–Trinajstić information content (AvgIpc) is 2.63. The molecule has 0 rings (SSSR count). The van der Waals surface area contributed by atoms with Gasteiger partial charge >= 0.3 is 0 Å². The second-order valence-electron chi connectivity index (χ2n) is 8.04. The number of hydrogen-bond acceptors (Lipinski definition) is 8. The molecule has 0 aromatic rings. The van der Waals surface area contributed by atoms with Crippen LogP contribution in [0.4, 0.5) is 0 Å². The van der Waals surface area contributed by atoms with Gasteiger partial charge in [-0.3, -0.25) is 0 Å². The van der Waals surface area contributed by atoms with E-state index in [4.69, 9.17) is 10.4 Å². The summed E-state index contributed by atoms with van der Waals surface area (Å²) in [6.45, 7) is 17.2. The fourth-order valence-corrected chi connectivity index (χ4v) is 2.36. The van der Waals surface area contributed by atoms with E-state index in [0.29, 0.717) is 11.4 Å². The number of unbranched alkanes of at least 4 members (excludes halogenated alkanes) is 2. The Morgan fingerprint density at radius 3 is 1.33 bits per heavy atom. The molecule has 0 unspecified atom stereocenters. The zero-order valence-electron chi connectivity index (χ0n) is 18.2. The smallest absolute Gasteiger partial charge is 0.0734 e. The highest BCUT2D eigenvalue weighted by molar-refractivity contribution is 5.90. The molecule has 0 amide bonds. The maximum atomic E-state index is 8.84. The Hall–Kier alpha value is -1.22. The van der Waals surface area contributed by atoms with Crippen molar-refractivity contribution in [3.05, 3.63) is 0 Å². The van der Waals surface area contributed by atoms with Gasteiger partial charge in [0.1, 0.15) is 0 Å². The molecular weight excluding hydrogens is 344 g/mol. The van der Waals surface area contributed by atoms with E-state index in [-0.39, 0.29) is 11.1 Å². The Kier molecular flexibility index (Phi) is 13.2. The summed E-state index contributed by atoms with van der Waals surface area (Å²) < 4.78 is 0. The maximum Gasteiger partial charge on any atom is 0.0734 e. The van der Waals surface area contributed by atoms with E-state index < -0.39 is 0 Å². The summed E-state index contributed by atoms with van der Waals surface area (Å²) >= 11 is 0. The number of oxime groups is 2. The lowest BCUT2D eigenvalue weighted by Crippen LogP contribution is -2.48. The second-order valence-corrected chi connectivity index (χ2v) is 8.04. The molecule has 8 nitrogen and oxygen atoms in total.